The average molecular weight is 282 g/mol. The van der Waals surface area contributed by atoms with Gasteiger partial charge < -0.3 is 20.3 Å². The number of carboxylic acid groups (broad SMARTS) is 1. The van der Waals surface area contributed by atoms with E-state index in [1.807, 2.05) is 20.8 Å². The lowest BCUT2D eigenvalue weighted by Gasteiger charge is -2.28. The molecule has 1 aromatic heterocycles. The van der Waals surface area contributed by atoms with Gasteiger partial charge in [0, 0.05) is 25.0 Å². The first-order valence-electron chi connectivity index (χ1n) is 6.73. The van der Waals surface area contributed by atoms with Gasteiger partial charge in [0.2, 0.25) is 0 Å². The Balaban J connectivity index is 2.67. The van der Waals surface area contributed by atoms with Crippen molar-refractivity contribution in [3.63, 3.8) is 0 Å². The van der Waals surface area contributed by atoms with Crippen molar-refractivity contribution in [3.8, 4) is 0 Å². The minimum absolute atomic E-state index is 0.0662. The van der Waals surface area contributed by atoms with Gasteiger partial charge in [0.15, 0.2) is 0 Å². The number of hydrogen-bond donors (Lipinski definition) is 3. The summed E-state index contributed by atoms with van der Waals surface area (Å²) in [4.78, 5) is 31.5. The Labute approximate surface area is 118 Å². The Bertz CT molecular complexity index is 431. The van der Waals surface area contributed by atoms with Crippen molar-refractivity contribution in [2.24, 2.45) is 0 Å². The molecule has 7 heteroatoms. The normalized spacial score (nSPS) is 12.2. The Morgan fingerprint density at radius 3 is 2.65 bits per heavy atom. The number of imidazole rings is 1. The third-order valence-electron chi connectivity index (χ3n) is 3.01. The largest absolute Gasteiger partial charge is 0.481 e. The molecule has 3 N–H and O–H groups in total. The highest BCUT2D eigenvalue weighted by molar-refractivity contribution is 5.76. The van der Waals surface area contributed by atoms with Gasteiger partial charge in [-0.2, -0.15) is 0 Å². The van der Waals surface area contributed by atoms with Crippen molar-refractivity contribution < 1.29 is 14.7 Å². The highest BCUT2D eigenvalue weighted by Crippen LogP contribution is 2.12. The molecule has 0 spiro atoms. The maximum Gasteiger partial charge on any atom is 0.318 e. The van der Waals surface area contributed by atoms with Gasteiger partial charge in [-0.05, 0) is 20.3 Å². The van der Waals surface area contributed by atoms with Gasteiger partial charge in [0.1, 0.15) is 5.82 Å². The summed E-state index contributed by atoms with van der Waals surface area (Å²) >= 11 is 0. The van der Waals surface area contributed by atoms with Gasteiger partial charge in [-0.25, -0.2) is 9.78 Å². The van der Waals surface area contributed by atoms with Crippen molar-refractivity contribution in [3.05, 3.63) is 18.2 Å². The summed E-state index contributed by atoms with van der Waals surface area (Å²) in [5.41, 5.74) is 0. The van der Waals surface area contributed by atoms with Gasteiger partial charge in [0.05, 0.1) is 12.5 Å². The van der Waals surface area contributed by atoms with E-state index in [0.29, 0.717) is 12.2 Å². The number of amides is 2. The number of aromatic nitrogens is 2. The van der Waals surface area contributed by atoms with Crippen LogP contribution >= 0.6 is 0 Å². The molecule has 112 valence electrons. The topological polar surface area (TPSA) is 98.3 Å². The van der Waals surface area contributed by atoms with Crippen LogP contribution < -0.4 is 5.32 Å². The van der Waals surface area contributed by atoms with E-state index < -0.39 is 5.97 Å². The van der Waals surface area contributed by atoms with E-state index >= 15 is 0 Å². The highest BCUT2D eigenvalue weighted by Gasteiger charge is 2.22. The van der Waals surface area contributed by atoms with Gasteiger partial charge in [-0.3, -0.25) is 4.79 Å². The molecule has 1 atom stereocenters. The van der Waals surface area contributed by atoms with E-state index in [-0.39, 0.29) is 31.1 Å². The summed E-state index contributed by atoms with van der Waals surface area (Å²) < 4.78 is 0. The maximum atomic E-state index is 12.2. The molecule has 0 aliphatic rings. The molecule has 20 heavy (non-hydrogen) atoms. The number of H-pyrrole nitrogens is 1. The lowest BCUT2D eigenvalue weighted by molar-refractivity contribution is -0.137. The van der Waals surface area contributed by atoms with Crippen LogP contribution in [0.4, 0.5) is 4.79 Å². The first-order valence-corrected chi connectivity index (χ1v) is 6.73. The zero-order valence-corrected chi connectivity index (χ0v) is 12.1. The summed E-state index contributed by atoms with van der Waals surface area (Å²) in [6.07, 6.45) is 3.97. The Kier molecular flexibility index (Phi) is 6.02. The van der Waals surface area contributed by atoms with Crippen LogP contribution in [0.15, 0.2) is 12.4 Å². The predicted molar refractivity (Wildman–Crippen MR) is 74.2 cm³/mol. The van der Waals surface area contributed by atoms with E-state index in [0.717, 1.165) is 0 Å². The molecular formula is C13H22N4O3. The number of carbonyl (C=O) groups is 2. The van der Waals surface area contributed by atoms with Gasteiger partial charge in [-0.15, -0.1) is 0 Å². The summed E-state index contributed by atoms with van der Waals surface area (Å²) in [5, 5.41) is 11.6. The molecule has 0 aromatic carbocycles. The van der Waals surface area contributed by atoms with Crippen LogP contribution in [0.5, 0.6) is 0 Å². The second kappa shape index (κ2) is 7.52. The molecule has 0 bridgehead atoms. The maximum absolute atomic E-state index is 12.2. The van der Waals surface area contributed by atoms with E-state index in [1.54, 1.807) is 12.4 Å². The molecule has 0 aliphatic heterocycles. The first-order chi connectivity index (χ1) is 9.45. The molecule has 1 aromatic rings. The molecule has 1 unspecified atom stereocenters. The van der Waals surface area contributed by atoms with E-state index in [9.17, 15) is 9.59 Å². The van der Waals surface area contributed by atoms with Crippen molar-refractivity contribution in [2.75, 3.05) is 6.54 Å². The van der Waals surface area contributed by atoms with Gasteiger partial charge in [-0.1, -0.05) is 6.92 Å². The summed E-state index contributed by atoms with van der Waals surface area (Å²) in [6.45, 7) is 5.85. The fraction of sp³-hybridized carbons (Fsp3) is 0.615. The highest BCUT2D eigenvalue weighted by atomic mass is 16.4. The van der Waals surface area contributed by atoms with Crippen molar-refractivity contribution in [1.29, 1.82) is 0 Å². The lowest BCUT2D eigenvalue weighted by Crippen LogP contribution is -2.46. The van der Waals surface area contributed by atoms with Crippen LogP contribution in [-0.2, 0) is 4.79 Å². The second-order valence-corrected chi connectivity index (χ2v) is 4.82. The van der Waals surface area contributed by atoms with Crippen LogP contribution in [0.3, 0.4) is 0 Å². The van der Waals surface area contributed by atoms with Gasteiger partial charge >= 0.3 is 12.0 Å². The fourth-order valence-electron chi connectivity index (χ4n) is 1.87. The quantitative estimate of drug-likeness (QED) is 0.709. The fourth-order valence-corrected chi connectivity index (χ4v) is 1.87. The molecule has 1 heterocycles. The molecule has 0 saturated carbocycles. The number of rotatable bonds is 7. The number of carbonyl (C=O) groups excluding carboxylic acids is 1. The number of aliphatic carboxylic acids is 1. The number of hydrogen-bond acceptors (Lipinski definition) is 3. The minimum Gasteiger partial charge on any atom is -0.481 e. The van der Waals surface area contributed by atoms with E-state index in [1.165, 1.54) is 4.90 Å². The van der Waals surface area contributed by atoms with Crippen LogP contribution in [0.2, 0.25) is 0 Å². The SMILES string of the molecule is CCC(NC(=O)N(CCC(=O)O)C(C)C)c1ncc[nH]1. The molecule has 7 nitrogen and oxygen atoms in total. The average Bonchev–Trinajstić information content (AvgIpc) is 2.88. The molecule has 0 saturated heterocycles. The van der Waals surface area contributed by atoms with Crippen molar-refractivity contribution >= 4 is 12.0 Å². The Morgan fingerprint density at radius 2 is 2.20 bits per heavy atom. The van der Waals surface area contributed by atoms with Crippen molar-refractivity contribution in [2.45, 2.75) is 45.7 Å². The second-order valence-electron chi connectivity index (χ2n) is 4.82. The summed E-state index contributed by atoms with van der Waals surface area (Å²) in [5.74, 6) is -0.218. The van der Waals surface area contributed by atoms with Crippen LogP contribution in [0.1, 0.15) is 45.5 Å². The smallest absolute Gasteiger partial charge is 0.318 e. The number of aromatic amines is 1. The van der Waals surface area contributed by atoms with Crippen LogP contribution in [-0.4, -0.2) is 44.6 Å². The third kappa shape index (κ3) is 4.56. The summed E-state index contributed by atoms with van der Waals surface area (Å²) in [7, 11) is 0. The molecule has 0 aliphatic carbocycles. The Morgan fingerprint density at radius 1 is 1.50 bits per heavy atom. The molecule has 2 amide bonds. The Hall–Kier alpha value is -2.05. The standard InChI is InChI=1S/C13H22N4O3/c1-4-10(12-14-6-7-15-12)16-13(20)17(9(2)3)8-5-11(18)19/h6-7,9-10H,4-5,8H2,1-3H3,(H,14,15)(H,16,20)(H,18,19). The zero-order chi connectivity index (χ0) is 15.1. The molecule has 0 fully saturated rings. The monoisotopic (exact) mass is 282 g/mol. The van der Waals surface area contributed by atoms with E-state index in [2.05, 4.69) is 15.3 Å². The first kappa shape index (κ1) is 16.0. The zero-order valence-electron chi connectivity index (χ0n) is 12.1. The minimum atomic E-state index is -0.915. The predicted octanol–water partition coefficient (Wildman–Crippen LogP) is 1.76. The third-order valence-corrected chi connectivity index (χ3v) is 3.01. The van der Waals surface area contributed by atoms with Crippen LogP contribution in [0, 0.1) is 0 Å². The number of nitrogens with one attached hydrogen (secondary N) is 2. The number of carboxylic acids is 1. The van der Waals surface area contributed by atoms with Crippen molar-refractivity contribution in [1.82, 2.24) is 20.2 Å². The lowest BCUT2D eigenvalue weighted by atomic mass is 10.2. The number of nitrogens with zero attached hydrogens (tertiary/aromatic N) is 2. The molecular weight excluding hydrogens is 260 g/mol. The summed E-state index contributed by atoms with van der Waals surface area (Å²) in [6, 6.07) is -0.545. The van der Waals surface area contributed by atoms with E-state index in [4.69, 9.17) is 5.11 Å². The number of urea groups is 1. The molecule has 0 radical (unpaired) electrons. The van der Waals surface area contributed by atoms with Gasteiger partial charge in [0.25, 0.3) is 0 Å². The van der Waals surface area contributed by atoms with Crippen LogP contribution in [0.25, 0.3) is 0 Å². The molecule has 1 rings (SSSR count).